The molecule has 2 amide bonds. The van der Waals surface area contributed by atoms with Crippen LogP contribution in [0.25, 0.3) is 0 Å². The number of halogens is 4. The molecule has 5 nitrogen and oxygen atoms in total. The number of carbonyl (C=O) groups excluding carboxylic acids is 2. The maximum atomic E-state index is 12.8. The molecule has 0 atom stereocenters. The van der Waals surface area contributed by atoms with Gasteiger partial charge in [-0.05, 0) is 36.4 Å². The van der Waals surface area contributed by atoms with Crippen molar-refractivity contribution in [1.82, 2.24) is 0 Å². The van der Waals surface area contributed by atoms with Gasteiger partial charge in [-0.2, -0.15) is 13.2 Å². The van der Waals surface area contributed by atoms with Crippen LogP contribution in [0.4, 0.5) is 30.2 Å². The summed E-state index contributed by atoms with van der Waals surface area (Å²) in [6.07, 6.45) is -4.58. The Hall–Kier alpha value is -2.74. The van der Waals surface area contributed by atoms with Gasteiger partial charge in [0, 0.05) is 24.0 Å². The number of carbonyl (C=O) groups is 2. The fourth-order valence-corrected chi connectivity index (χ4v) is 2.34. The molecular weight excluding hydrogens is 371 g/mol. The molecule has 26 heavy (non-hydrogen) atoms. The fraction of sp³-hybridized carbons (Fsp3) is 0.176. The molecule has 3 N–H and O–H groups in total. The quantitative estimate of drug-likeness (QED) is 0.716. The van der Waals surface area contributed by atoms with E-state index in [0.717, 1.165) is 12.1 Å². The van der Waals surface area contributed by atoms with Crippen molar-refractivity contribution in [2.24, 2.45) is 0 Å². The van der Waals surface area contributed by atoms with E-state index in [4.69, 9.17) is 11.6 Å². The highest BCUT2D eigenvalue weighted by Gasteiger charge is 2.33. The van der Waals surface area contributed by atoms with Gasteiger partial charge in [0.1, 0.15) is 0 Å². The molecule has 0 bridgehead atoms. The predicted octanol–water partition coefficient (Wildman–Crippen LogP) is 4.37. The number of amides is 2. The maximum Gasteiger partial charge on any atom is 0.417 e. The van der Waals surface area contributed by atoms with E-state index in [-0.39, 0.29) is 18.1 Å². The largest absolute Gasteiger partial charge is 0.417 e. The molecule has 0 saturated carbocycles. The minimum Gasteiger partial charge on any atom is -0.376 e. The van der Waals surface area contributed by atoms with Crippen LogP contribution in [0.15, 0.2) is 42.5 Å². The first kappa shape index (κ1) is 19.6. The van der Waals surface area contributed by atoms with Crippen molar-refractivity contribution in [3.05, 3.63) is 53.1 Å². The minimum absolute atomic E-state index is 0.115. The van der Waals surface area contributed by atoms with E-state index in [2.05, 4.69) is 16.0 Å². The third kappa shape index (κ3) is 5.66. The highest BCUT2D eigenvalue weighted by Crippen LogP contribution is 2.36. The average Bonchev–Trinajstić information content (AvgIpc) is 2.52. The fourth-order valence-electron chi connectivity index (χ4n) is 2.12. The number of benzene rings is 2. The zero-order chi connectivity index (χ0) is 19.3. The molecule has 0 heterocycles. The van der Waals surface area contributed by atoms with Gasteiger partial charge in [0.15, 0.2) is 0 Å². The van der Waals surface area contributed by atoms with Gasteiger partial charge in [0.2, 0.25) is 11.8 Å². The minimum atomic E-state index is -4.58. The smallest absolute Gasteiger partial charge is 0.376 e. The Labute approximate surface area is 152 Å². The van der Waals surface area contributed by atoms with Gasteiger partial charge in [-0.3, -0.25) is 9.59 Å². The van der Waals surface area contributed by atoms with E-state index in [9.17, 15) is 22.8 Å². The zero-order valence-corrected chi connectivity index (χ0v) is 14.3. The van der Waals surface area contributed by atoms with Crippen LogP contribution in [0.1, 0.15) is 12.5 Å². The van der Waals surface area contributed by atoms with E-state index >= 15 is 0 Å². The normalized spacial score (nSPS) is 11.0. The second kappa shape index (κ2) is 8.09. The lowest BCUT2D eigenvalue weighted by Gasteiger charge is -2.12. The first-order valence-corrected chi connectivity index (χ1v) is 7.81. The number of anilines is 3. The molecule has 0 aliphatic heterocycles. The monoisotopic (exact) mass is 385 g/mol. The molecule has 2 aromatic rings. The van der Waals surface area contributed by atoms with Crippen LogP contribution in [0.5, 0.6) is 0 Å². The number of alkyl halides is 3. The maximum absolute atomic E-state index is 12.8. The molecule has 0 unspecified atom stereocenters. The average molecular weight is 386 g/mol. The summed E-state index contributed by atoms with van der Waals surface area (Å²) in [5.41, 5.74) is 0.0855. The summed E-state index contributed by atoms with van der Waals surface area (Å²) in [5.74, 6) is -0.716. The summed E-state index contributed by atoms with van der Waals surface area (Å²) in [5, 5.41) is 7.35. The standard InChI is InChI=1S/C17H15ClF3N3O2/c1-10(25)23-12-3-2-4-13(7-12)24-16(26)9-22-11-5-6-15(18)14(8-11)17(19,20)21/h2-8,22H,9H2,1H3,(H,23,25)(H,24,26). The molecule has 0 aliphatic rings. The van der Waals surface area contributed by atoms with Crippen molar-refractivity contribution < 1.29 is 22.8 Å². The van der Waals surface area contributed by atoms with Gasteiger partial charge in [-0.25, -0.2) is 0 Å². The molecule has 138 valence electrons. The van der Waals surface area contributed by atoms with E-state index < -0.39 is 22.7 Å². The first-order valence-electron chi connectivity index (χ1n) is 7.43. The summed E-state index contributed by atoms with van der Waals surface area (Å²) < 4.78 is 38.5. The summed E-state index contributed by atoms with van der Waals surface area (Å²) in [6.45, 7) is 1.11. The second-order valence-electron chi connectivity index (χ2n) is 5.36. The third-order valence-corrected chi connectivity index (χ3v) is 3.52. The topological polar surface area (TPSA) is 70.2 Å². The van der Waals surface area contributed by atoms with Gasteiger partial charge in [0.25, 0.3) is 0 Å². The molecule has 0 spiro atoms. The van der Waals surface area contributed by atoms with Crippen LogP contribution in [0.3, 0.4) is 0 Å². The molecular formula is C17H15ClF3N3O2. The predicted molar refractivity (Wildman–Crippen MR) is 94.3 cm³/mol. The summed E-state index contributed by atoms with van der Waals surface area (Å²) in [6, 6.07) is 9.78. The lowest BCUT2D eigenvalue weighted by Crippen LogP contribution is -2.22. The summed E-state index contributed by atoms with van der Waals surface area (Å²) >= 11 is 5.54. The van der Waals surface area contributed by atoms with E-state index in [0.29, 0.717) is 11.4 Å². The van der Waals surface area contributed by atoms with Gasteiger partial charge >= 0.3 is 6.18 Å². The highest BCUT2D eigenvalue weighted by atomic mass is 35.5. The number of rotatable bonds is 5. The molecule has 0 saturated heterocycles. The Bertz CT molecular complexity index is 825. The number of hydrogen-bond acceptors (Lipinski definition) is 3. The third-order valence-electron chi connectivity index (χ3n) is 3.19. The number of hydrogen-bond donors (Lipinski definition) is 3. The lowest BCUT2D eigenvalue weighted by molar-refractivity contribution is -0.137. The summed E-state index contributed by atoms with van der Waals surface area (Å²) in [4.78, 5) is 23.0. The molecule has 2 aromatic carbocycles. The van der Waals surface area contributed by atoms with Crippen LogP contribution in [-0.4, -0.2) is 18.4 Å². The van der Waals surface area contributed by atoms with E-state index in [1.54, 1.807) is 24.3 Å². The van der Waals surface area contributed by atoms with Gasteiger partial charge in [0.05, 0.1) is 17.1 Å². The van der Waals surface area contributed by atoms with Gasteiger partial charge in [-0.15, -0.1) is 0 Å². The van der Waals surface area contributed by atoms with Crippen molar-refractivity contribution in [2.45, 2.75) is 13.1 Å². The van der Waals surface area contributed by atoms with Gasteiger partial charge < -0.3 is 16.0 Å². The van der Waals surface area contributed by atoms with Gasteiger partial charge in [-0.1, -0.05) is 17.7 Å². The zero-order valence-electron chi connectivity index (χ0n) is 13.6. The molecule has 0 radical (unpaired) electrons. The second-order valence-corrected chi connectivity index (χ2v) is 5.76. The van der Waals surface area contributed by atoms with Crippen LogP contribution in [0, 0.1) is 0 Å². The molecule has 0 aliphatic carbocycles. The van der Waals surface area contributed by atoms with Crippen molar-refractivity contribution in [2.75, 3.05) is 22.5 Å². The van der Waals surface area contributed by atoms with Crippen molar-refractivity contribution in [1.29, 1.82) is 0 Å². The van der Waals surface area contributed by atoms with Crippen molar-refractivity contribution in [3.8, 4) is 0 Å². The van der Waals surface area contributed by atoms with Crippen molar-refractivity contribution in [3.63, 3.8) is 0 Å². The first-order chi connectivity index (χ1) is 12.1. The summed E-state index contributed by atoms with van der Waals surface area (Å²) in [7, 11) is 0. The highest BCUT2D eigenvalue weighted by molar-refractivity contribution is 6.31. The Morgan fingerprint density at radius 2 is 1.65 bits per heavy atom. The van der Waals surface area contributed by atoms with Crippen LogP contribution in [0.2, 0.25) is 5.02 Å². The van der Waals surface area contributed by atoms with Crippen LogP contribution < -0.4 is 16.0 Å². The van der Waals surface area contributed by atoms with E-state index in [1.807, 2.05) is 0 Å². The molecule has 0 aromatic heterocycles. The van der Waals surface area contributed by atoms with Crippen molar-refractivity contribution >= 4 is 40.5 Å². The molecule has 9 heteroatoms. The van der Waals surface area contributed by atoms with E-state index in [1.165, 1.54) is 13.0 Å². The SMILES string of the molecule is CC(=O)Nc1cccc(NC(=O)CNc2ccc(Cl)c(C(F)(F)F)c2)c1. The Morgan fingerprint density at radius 3 is 2.27 bits per heavy atom. The van der Waals surface area contributed by atoms with Crippen LogP contribution in [-0.2, 0) is 15.8 Å². The lowest BCUT2D eigenvalue weighted by atomic mass is 10.2. The molecule has 0 fully saturated rings. The van der Waals surface area contributed by atoms with Crippen LogP contribution >= 0.6 is 11.6 Å². The Morgan fingerprint density at radius 1 is 1.00 bits per heavy atom. The number of nitrogens with one attached hydrogen (secondary N) is 3. The molecule has 2 rings (SSSR count). The Balaban J connectivity index is 1.98. The Kier molecular flexibility index (Phi) is 6.10.